The number of halogens is 1. The zero-order valence-corrected chi connectivity index (χ0v) is 19.9. The molecule has 0 radical (unpaired) electrons. The maximum absolute atomic E-state index is 11.8. The zero-order chi connectivity index (χ0) is 20.4. The van der Waals surface area contributed by atoms with Crippen LogP contribution in [0, 0.1) is 0 Å². The van der Waals surface area contributed by atoms with Crippen molar-refractivity contribution >= 4 is 41.7 Å². The van der Waals surface area contributed by atoms with Crippen molar-refractivity contribution in [3.05, 3.63) is 59.3 Å². The molecular formula is C21H31IN6O. The molecule has 7 nitrogen and oxygen atoms in total. The molecule has 1 aromatic heterocycles. The summed E-state index contributed by atoms with van der Waals surface area (Å²) >= 11 is 0. The molecule has 3 N–H and O–H groups in total. The number of anilines is 1. The number of nitrogens with zero attached hydrogens (tertiary/aromatic N) is 3. The second-order valence-corrected chi connectivity index (χ2v) is 6.53. The van der Waals surface area contributed by atoms with E-state index in [2.05, 4.69) is 25.9 Å². The summed E-state index contributed by atoms with van der Waals surface area (Å²) in [4.78, 5) is 22.9. The van der Waals surface area contributed by atoms with Crippen LogP contribution in [-0.2, 0) is 13.0 Å². The van der Waals surface area contributed by atoms with E-state index in [1.807, 2.05) is 68.4 Å². The van der Waals surface area contributed by atoms with Crippen LogP contribution in [-0.4, -0.2) is 51.1 Å². The van der Waals surface area contributed by atoms with E-state index in [-0.39, 0.29) is 29.9 Å². The number of benzene rings is 1. The van der Waals surface area contributed by atoms with E-state index in [9.17, 15) is 4.79 Å². The monoisotopic (exact) mass is 510 g/mol. The van der Waals surface area contributed by atoms with Crippen LogP contribution in [0.1, 0.15) is 28.5 Å². The molecule has 158 valence electrons. The summed E-state index contributed by atoms with van der Waals surface area (Å²) in [5.74, 6) is 1.60. The fourth-order valence-electron chi connectivity index (χ4n) is 2.64. The van der Waals surface area contributed by atoms with Gasteiger partial charge in [-0.1, -0.05) is 18.2 Å². The first kappa shape index (κ1) is 24.7. The fourth-order valence-corrected chi connectivity index (χ4v) is 2.64. The molecule has 0 fully saturated rings. The zero-order valence-electron chi connectivity index (χ0n) is 17.5. The van der Waals surface area contributed by atoms with Crippen molar-refractivity contribution in [2.24, 2.45) is 4.99 Å². The number of carbonyl (C=O) groups excluding carboxylic acids is 1. The number of nitrogens with one attached hydrogen (secondary N) is 3. The Morgan fingerprint density at radius 3 is 2.59 bits per heavy atom. The lowest BCUT2D eigenvalue weighted by Crippen LogP contribution is -2.38. The maximum atomic E-state index is 11.8. The van der Waals surface area contributed by atoms with Crippen molar-refractivity contribution < 1.29 is 4.79 Å². The average Bonchev–Trinajstić information content (AvgIpc) is 2.71. The van der Waals surface area contributed by atoms with Gasteiger partial charge < -0.3 is 20.9 Å². The molecule has 0 spiro atoms. The Balaban J connectivity index is 0.00000420. The van der Waals surface area contributed by atoms with E-state index >= 15 is 0 Å². The van der Waals surface area contributed by atoms with Crippen LogP contribution in [0.3, 0.4) is 0 Å². The van der Waals surface area contributed by atoms with E-state index in [4.69, 9.17) is 0 Å². The van der Waals surface area contributed by atoms with Gasteiger partial charge in [0.15, 0.2) is 5.96 Å². The van der Waals surface area contributed by atoms with Crippen molar-refractivity contribution in [2.75, 3.05) is 39.1 Å². The van der Waals surface area contributed by atoms with Gasteiger partial charge in [-0.2, -0.15) is 0 Å². The van der Waals surface area contributed by atoms with Gasteiger partial charge in [0.25, 0.3) is 5.91 Å². The van der Waals surface area contributed by atoms with Crippen LogP contribution >= 0.6 is 24.0 Å². The molecule has 0 atom stereocenters. The quantitative estimate of drug-likeness (QED) is 0.289. The Hall–Kier alpha value is -2.36. The van der Waals surface area contributed by atoms with Crippen molar-refractivity contribution in [3.8, 4) is 0 Å². The van der Waals surface area contributed by atoms with Gasteiger partial charge in [-0.05, 0) is 43.2 Å². The highest BCUT2D eigenvalue weighted by molar-refractivity contribution is 14.0. The van der Waals surface area contributed by atoms with Crippen molar-refractivity contribution in [2.45, 2.75) is 19.9 Å². The minimum Gasteiger partial charge on any atom is -0.363 e. The van der Waals surface area contributed by atoms with Gasteiger partial charge in [0.1, 0.15) is 5.82 Å². The van der Waals surface area contributed by atoms with Crippen molar-refractivity contribution in [1.29, 1.82) is 0 Å². The number of aliphatic imine (C=N–C) groups is 1. The summed E-state index contributed by atoms with van der Waals surface area (Å²) in [7, 11) is 5.58. The Bertz CT molecular complexity index is 809. The number of hydrogen-bond donors (Lipinski definition) is 3. The Morgan fingerprint density at radius 1 is 1.14 bits per heavy atom. The van der Waals surface area contributed by atoms with E-state index in [1.165, 1.54) is 0 Å². The number of amides is 1. The third-order valence-corrected chi connectivity index (χ3v) is 4.12. The van der Waals surface area contributed by atoms with Crippen LogP contribution in [0.25, 0.3) is 0 Å². The number of rotatable bonds is 8. The van der Waals surface area contributed by atoms with Crippen molar-refractivity contribution in [1.82, 2.24) is 20.9 Å². The fraction of sp³-hybridized carbons (Fsp3) is 0.381. The summed E-state index contributed by atoms with van der Waals surface area (Å²) in [6.07, 6.45) is 0.795. The van der Waals surface area contributed by atoms with E-state index < -0.39 is 0 Å². The molecule has 1 heterocycles. The van der Waals surface area contributed by atoms with Crippen LogP contribution in [0.5, 0.6) is 0 Å². The number of carbonyl (C=O) groups is 1. The third kappa shape index (κ3) is 8.26. The minimum absolute atomic E-state index is 0. The molecule has 8 heteroatoms. The van der Waals surface area contributed by atoms with Gasteiger partial charge in [-0.15, -0.1) is 24.0 Å². The summed E-state index contributed by atoms with van der Waals surface area (Å²) in [5.41, 5.74) is 2.69. The highest BCUT2D eigenvalue weighted by Crippen LogP contribution is 2.08. The van der Waals surface area contributed by atoms with Gasteiger partial charge in [0.2, 0.25) is 0 Å². The molecule has 1 amide bonds. The first-order valence-corrected chi connectivity index (χ1v) is 9.50. The Morgan fingerprint density at radius 2 is 1.90 bits per heavy atom. The molecule has 0 aliphatic heterocycles. The highest BCUT2D eigenvalue weighted by atomic mass is 127. The first-order valence-electron chi connectivity index (χ1n) is 9.50. The third-order valence-electron chi connectivity index (χ3n) is 4.12. The van der Waals surface area contributed by atoms with Crippen LogP contribution in [0.15, 0.2) is 47.5 Å². The predicted octanol–water partition coefficient (Wildman–Crippen LogP) is 2.42. The maximum Gasteiger partial charge on any atom is 0.251 e. The topological polar surface area (TPSA) is 81.7 Å². The second-order valence-electron chi connectivity index (χ2n) is 6.53. The van der Waals surface area contributed by atoms with E-state index in [0.717, 1.165) is 36.0 Å². The minimum atomic E-state index is -0.0721. The lowest BCUT2D eigenvalue weighted by atomic mass is 10.1. The van der Waals surface area contributed by atoms with Crippen LogP contribution < -0.4 is 20.9 Å². The number of pyridine rings is 1. The summed E-state index contributed by atoms with van der Waals surface area (Å²) < 4.78 is 0. The number of hydrogen-bond acceptors (Lipinski definition) is 4. The van der Waals surface area contributed by atoms with Crippen molar-refractivity contribution in [3.63, 3.8) is 0 Å². The number of aromatic nitrogens is 1. The second kappa shape index (κ2) is 13.0. The van der Waals surface area contributed by atoms with Gasteiger partial charge >= 0.3 is 0 Å². The summed E-state index contributed by atoms with van der Waals surface area (Å²) in [6, 6.07) is 13.6. The van der Waals surface area contributed by atoms with E-state index in [0.29, 0.717) is 18.7 Å². The molecule has 1 aromatic carbocycles. The molecule has 0 aliphatic rings. The standard InChI is InChI=1S/C21H30N6O.HI/c1-5-23-21(25-15-18-10-7-11-19(26-18)27(3)4)24-13-12-16-8-6-9-17(14-16)20(28)22-2;/h6-11,14H,5,12-13,15H2,1-4H3,(H,22,28)(H2,23,24,25);1H. The normalized spacial score (nSPS) is 10.7. The highest BCUT2D eigenvalue weighted by Gasteiger charge is 2.04. The average molecular weight is 510 g/mol. The van der Waals surface area contributed by atoms with Gasteiger partial charge in [-0.25, -0.2) is 9.98 Å². The lowest BCUT2D eigenvalue weighted by Gasteiger charge is -2.13. The van der Waals surface area contributed by atoms with Gasteiger partial charge in [0.05, 0.1) is 12.2 Å². The first-order chi connectivity index (χ1) is 13.5. The Kier molecular flexibility index (Phi) is 11.0. The molecule has 2 aromatic rings. The summed E-state index contributed by atoms with van der Waals surface area (Å²) in [6.45, 7) is 4.04. The molecule has 0 saturated carbocycles. The summed E-state index contributed by atoms with van der Waals surface area (Å²) in [5, 5.41) is 9.24. The SMILES string of the molecule is CCNC(=NCc1cccc(N(C)C)n1)NCCc1cccc(C(=O)NC)c1.I. The van der Waals surface area contributed by atoms with Gasteiger partial charge in [0, 0.05) is 39.8 Å². The van der Waals surface area contributed by atoms with E-state index in [1.54, 1.807) is 7.05 Å². The molecule has 0 aliphatic carbocycles. The molecule has 29 heavy (non-hydrogen) atoms. The van der Waals surface area contributed by atoms with Crippen LogP contribution in [0.2, 0.25) is 0 Å². The molecule has 0 unspecified atom stereocenters. The number of guanidine groups is 1. The smallest absolute Gasteiger partial charge is 0.251 e. The van der Waals surface area contributed by atoms with Crippen LogP contribution in [0.4, 0.5) is 5.82 Å². The molecular weight excluding hydrogens is 479 g/mol. The van der Waals surface area contributed by atoms with Gasteiger partial charge in [-0.3, -0.25) is 4.79 Å². The largest absolute Gasteiger partial charge is 0.363 e. The molecule has 2 rings (SSSR count). The Labute approximate surface area is 190 Å². The molecule has 0 saturated heterocycles. The molecule has 0 bridgehead atoms. The predicted molar refractivity (Wildman–Crippen MR) is 130 cm³/mol. The lowest BCUT2D eigenvalue weighted by molar-refractivity contribution is 0.0963.